The van der Waals surface area contributed by atoms with Gasteiger partial charge in [-0.15, -0.1) is 0 Å². The summed E-state index contributed by atoms with van der Waals surface area (Å²) in [5, 5.41) is 4.97. The number of carbonyl (C=O) groups is 1. The first-order valence-corrected chi connectivity index (χ1v) is 10.1. The minimum atomic E-state index is -0.379. The first kappa shape index (κ1) is 21.9. The van der Waals surface area contributed by atoms with Crippen molar-refractivity contribution in [2.45, 2.75) is 26.2 Å². The van der Waals surface area contributed by atoms with Crippen molar-refractivity contribution in [2.24, 2.45) is 5.10 Å². The van der Waals surface area contributed by atoms with Gasteiger partial charge in [0.05, 0.1) is 11.2 Å². The summed E-state index contributed by atoms with van der Waals surface area (Å²) in [6.45, 7) is 6.27. The Morgan fingerprint density at radius 1 is 1.10 bits per heavy atom. The Kier molecular flexibility index (Phi) is 6.85. The van der Waals surface area contributed by atoms with Crippen molar-refractivity contribution in [1.82, 2.24) is 5.43 Å². The molecule has 0 atom stereocenters. The summed E-state index contributed by atoms with van der Waals surface area (Å²) in [4.78, 5) is 11.9. The summed E-state index contributed by atoms with van der Waals surface area (Å²) >= 11 is 12.2. The zero-order valence-corrected chi connectivity index (χ0v) is 18.4. The standard InChI is InChI=1S/C23H22Cl2N2O3/c1-23(2,3)15-4-7-17(8-5-15)29-14-22(28)27-26-13-18-9-11-21(30-18)19-12-16(24)6-10-20(19)25/h4-13H,14H2,1-3H3,(H,27,28)/b26-13+. The van der Waals surface area contributed by atoms with Crippen LogP contribution in [0.5, 0.6) is 5.75 Å². The third-order valence-electron chi connectivity index (χ3n) is 4.29. The van der Waals surface area contributed by atoms with Crippen molar-refractivity contribution in [3.63, 3.8) is 0 Å². The minimum Gasteiger partial charge on any atom is -0.484 e. The van der Waals surface area contributed by atoms with Gasteiger partial charge in [0.25, 0.3) is 5.91 Å². The molecule has 1 aromatic heterocycles. The van der Waals surface area contributed by atoms with Crippen LogP contribution in [0, 0.1) is 0 Å². The second kappa shape index (κ2) is 9.37. The van der Waals surface area contributed by atoms with Crippen LogP contribution in [0.4, 0.5) is 0 Å². The zero-order valence-electron chi connectivity index (χ0n) is 16.9. The van der Waals surface area contributed by atoms with Crippen LogP contribution in [0.1, 0.15) is 32.1 Å². The third kappa shape index (κ3) is 5.88. The van der Waals surface area contributed by atoms with Gasteiger partial charge in [-0.1, -0.05) is 56.1 Å². The lowest BCUT2D eigenvalue weighted by atomic mass is 9.87. The number of carbonyl (C=O) groups excluding carboxylic acids is 1. The number of nitrogens with zero attached hydrogens (tertiary/aromatic N) is 1. The topological polar surface area (TPSA) is 63.8 Å². The van der Waals surface area contributed by atoms with Crippen LogP contribution >= 0.6 is 23.2 Å². The largest absolute Gasteiger partial charge is 0.484 e. The molecular weight excluding hydrogens is 423 g/mol. The molecular formula is C23H22Cl2N2O3. The van der Waals surface area contributed by atoms with Crippen molar-refractivity contribution in [1.29, 1.82) is 0 Å². The van der Waals surface area contributed by atoms with E-state index in [1.54, 1.807) is 30.3 Å². The maximum Gasteiger partial charge on any atom is 0.277 e. The van der Waals surface area contributed by atoms with Crippen molar-refractivity contribution >= 4 is 35.3 Å². The molecule has 0 radical (unpaired) electrons. The van der Waals surface area contributed by atoms with Gasteiger partial charge < -0.3 is 9.15 Å². The highest BCUT2D eigenvalue weighted by Crippen LogP contribution is 2.31. The molecule has 30 heavy (non-hydrogen) atoms. The molecule has 0 bridgehead atoms. The summed E-state index contributed by atoms with van der Waals surface area (Å²) in [6.07, 6.45) is 1.40. The molecule has 0 unspecified atom stereocenters. The van der Waals surface area contributed by atoms with Crippen LogP contribution in [0.25, 0.3) is 11.3 Å². The fraction of sp³-hybridized carbons (Fsp3) is 0.217. The minimum absolute atomic E-state index is 0.0639. The molecule has 156 valence electrons. The summed E-state index contributed by atoms with van der Waals surface area (Å²) in [5.41, 5.74) is 4.34. The molecule has 0 spiro atoms. The quantitative estimate of drug-likeness (QED) is 0.370. The van der Waals surface area contributed by atoms with Gasteiger partial charge >= 0.3 is 0 Å². The Labute approximate surface area is 185 Å². The molecule has 0 fully saturated rings. The third-order valence-corrected chi connectivity index (χ3v) is 4.86. The van der Waals surface area contributed by atoms with Crippen molar-refractivity contribution in [3.8, 4) is 17.1 Å². The molecule has 0 aliphatic heterocycles. The molecule has 3 rings (SSSR count). The van der Waals surface area contributed by atoms with Gasteiger partial charge in [0.2, 0.25) is 0 Å². The van der Waals surface area contributed by atoms with Crippen LogP contribution in [-0.2, 0) is 10.2 Å². The molecule has 7 heteroatoms. The summed E-state index contributed by atoms with van der Waals surface area (Å²) < 4.78 is 11.2. The lowest BCUT2D eigenvalue weighted by molar-refractivity contribution is -0.123. The lowest BCUT2D eigenvalue weighted by Crippen LogP contribution is -2.24. The predicted molar refractivity (Wildman–Crippen MR) is 121 cm³/mol. The van der Waals surface area contributed by atoms with Crippen LogP contribution in [-0.4, -0.2) is 18.7 Å². The molecule has 1 N–H and O–H groups in total. The van der Waals surface area contributed by atoms with E-state index in [1.165, 1.54) is 11.8 Å². The number of rotatable bonds is 6. The van der Waals surface area contributed by atoms with E-state index in [-0.39, 0.29) is 17.9 Å². The van der Waals surface area contributed by atoms with E-state index in [9.17, 15) is 4.79 Å². The highest BCUT2D eigenvalue weighted by Gasteiger charge is 2.13. The number of benzene rings is 2. The number of furan rings is 1. The molecule has 1 amide bonds. The molecule has 0 aliphatic rings. The van der Waals surface area contributed by atoms with E-state index < -0.39 is 0 Å². The Hall–Kier alpha value is -2.76. The summed E-state index contributed by atoms with van der Waals surface area (Å²) in [6, 6.07) is 16.3. The highest BCUT2D eigenvalue weighted by molar-refractivity contribution is 6.35. The lowest BCUT2D eigenvalue weighted by Gasteiger charge is -2.19. The van der Waals surface area contributed by atoms with Gasteiger partial charge in [-0.05, 0) is 53.4 Å². The Morgan fingerprint density at radius 2 is 1.83 bits per heavy atom. The van der Waals surface area contributed by atoms with Crippen LogP contribution in [0.3, 0.4) is 0 Å². The Bertz CT molecular complexity index is 1050. The highest BCUT2D eigenvalue weighted by atomic mass is 35.5. The van der Waals surface area contributed by atoms with Gasteiger partial charge in [-0.2, -0.15) is 5.10 Å². The van der Waals surface area contributed by atoms with E-state index in [0.29, 0.717) is 32.9 Å². The number of ether oxygens (including phenoxy) is 1. The molecule has 0 saturated carbocycles. The number of hydrazone groups is 1. The number of hydrogen-bond acceptors (Lipinski definition) is 4. The van der Waals surface area contributed by atoms with Gasteiger partial charge in [-0.3, -0.25) is 4.79 Å². The number of hydrogen-bond donors (Lipinski definition) is 1. The normalized spacial score (nSPS) is 11.6. The maximum atomic E-state index is 11.9. The molecule has 3 aromatic rings. The van der Waals surface area contributed by atoms with Crippen molar-refractivity contribution in [2.75, 3.05) is 6.61 Å². The monoisotopic (exact) mass is 444 g/mol. The molecule has 0 saturated heterocycles. The number of nitrogens with one attached hydrogen (secondary N) is 1. The first-order valence-electron chi connectivity index (χ1n) is 9.33. The van der Waals surface area contributed by atoms with Crippen molar-refractivity contribution in [3.05, 3.63) is 76.0 Å². The van der Waals surface area contributed by atoms with Crippen molar-refractivity contribution < 1.29 is 13.9 Å². The first-order chi connectivity index (χ1) is 14.2. The van der Waals surface area contributed by atoms with Crippen LogP contribution in [0.15, 0.2) is 64.1 Å². The number of halogens is 2. The van der Waals surface area contributed by atoms with Crippen LogP contribution < -0.4 is 10.2 Å². The molecule has 5 nitrogen and oxygen atoms in total. The molecule has 1 heterocycles. The van der Waals surface area contributed by atoms with E-state index in [2.05, 4.69) is 31.3 Å². The van der Waals surface area contributed by atoms with Crippen LogP contribution in [0.2, 0.25) is 10.0 Å². The molecule has 0 aliphatic carbocycles. The smallest absolute Gasteiger partial charge is 0.277 e. The number of amides is 1. The SMILES string of the molecule is CC(C)(C)c1ccc(OCC(=O)N/N=C/c2ccc(-c3cc(Cl)ccc3Cl)o2)cc1. The maximum absolute atomic E-state index is 11.9. The van der Waals surface area contributed by atoms with Gasteiger partial charge in [0.15, 0.2) is 6.61 Å². The van der Waals surface area contributed by atoms with E-state index in [0.717, 1.165) is 0 Å². The second-order valence-electron chi connectivity index (χ2n) is 7.68. The van der Waals surface area contributed by atoms with E-state index in [4.69, 9.17) is 32.4 Å². The van der Waals surface area contributed by atoms with E-state index in [1.807, 2.05) is 24.3 Å². The fourth-order valence-corrected chi connectivity index (χ4v) is 3.04. The Balaban J connectivity index is 1.51. The zero-order chi connectivity index (χ0) is 21.7. The van der Waals surface area contributed by atoms with Gasteiger partial charge in [0.1, 0.15) is 17.3 Å². The average Bonchev–Trinajstić information content (AvgIpc) is 3.16. The summed E-state index contributed by atoms with van der Waals surface area (Å²) in [5.74, 6) is 1.25. The van der Waals surface area contributed by atoms with E-state index >= 15 is 0 Å². The Morgan fingerprint density at radius 3 is 2.53 bits per heavy atom. The second-order valence-corrected chi connectivity index (χ2v) is 8.53. The summed E-state index contributed by atoms with van der Waals surface area (Å²) in [7, 11) is 0. The average molecular weight is 445 g/mol. The fourth-order valence-electron chi connectivity index (χ4n) is 2.65. The molecule has 2 aromatic carbocycles. The van der Waals surface area contributed by atoms with Gasteiger partial charge in [-0.25, -0.2) is 5.43 Å². The predicted octanol–water partition coefficient (Wildman–Crippen LogP) is 6.08. The van der Waals surface area contributed by atoms with Gasteiger partial charge in [0, 0.05) is 10.6 Å².